The zero-order valence-electron chi connectivity index (χ0n) is 5.46. The molecule has 0 radical (unpaired) electrons. The van der Waals surface area contributed by atoms with Gasteiger partial charge in [0.2, 0.25) is 0 Å². The van der Waals surface area contributed by atoms with Gasteiger partial charge in [-0.25, -0.2) is 9.89 Å². The van der Waals surface area contributed by atoms with E-state index in [-0.39, 0.29) is 5.56 Å². The molecule has 0 fully saturated rings. The second-order valence-corrected chi connectivity index (χ2v) is 1.98. The molecule has 1 aromatic heterocycles. The molecule has 1 N–H and O–H groups in total. The van der Waals surface area contributed by atoms with Gasteiger partial charge in [-0.1, -0.05) is 0 Å². The third kappa shape index (κ3) is 1.13. The van der Waals surface area contributed by atoms with Crippen molar-refractivity contribution in [2.45, 2.75) is 0 Å². The summed E-state index contributed by atoms with van der Waals surface area (Å²) in [5, 5.41) is 4.33. The third-order valence-electron chi connectivity index (χ3n) is 1.02. The topological polar surface area (TPSA) is 41.0 Å². The Bertz CT molecular complexity index is 234. The maximum atomic E-state index is 10.5. The lowest BCUT2D eigenvalue weighted by Gasteiger charge is -2.11. The molecule has 0 spiro atoms. The summed E-state index contributed by atoms with van der Waals surface area (Å²) in [5.74, 6) is 0. The molecule has 0 amide bonds. The Kier molecular flexibility index (Phi) is 1.30. The van der Waals surface area contributed by atoms with E-state index >= 15 is 0 Å². The van der Waals surface area contributed by atoms with Crippen LogP contribution < -0.4 is 10.6 Å². The van der Waals surface area contributed by atoms with Crippen LogP contribution in [0.4, 0.5) is 0 Å². The van der Waals surface area contributed by atoms with Gasteiger partial charge >= 0.3 is 0 Å². The Balaban J connectivity index is 2.98. The Morgan fingerprint density at radius 1 is 1.67 bits per heavy atom. The van der Waals surface area contributed by atoms with Crippen LogP contribution >= 0.6 is 0 Å². The van der Waals surface area contributed by atoms with Crippen molar-refractivity contribution in [1.82, 2.24) is 9.89 Å². The van der Waals surface area contributed by atoms with E-state index in [0.29, 0.717) is 0 Å². The summed E-state index contributed by atoms with van der Waals surface area (Å²) in [6, 6.07) is 1.47. The largest absolute Gasteiger partial charge is 0.305 e. The fraction of sp³-hybridized carbons (Fsp3) is 0.400. The minimum atomic E-state index is -0.0799. The average molecular weight is 127 g/mol. The molecule has 0 aliphatic carbocycles. The summed E-state index contributed by atoms with van der Waals surface area (Å²) in [6.45, 7) is 0. The summed E-state index contributed by atoms with van der Waals surface area (Å²) < 4.78 is 0. The molecule has 0 aromatic carbocycles. The molecule has 1 aromatic rings. The summed E-state index contributed by atoms with van der Waals surface area (Å²) in [7, 11) is 3.69. The van der Waals surface area contributed by atoms with Gasteiger partial charge in [-0.05, 0) is 0 Å². The van der Waals surface area contributed by atoms with Crippen LogP contribution in [0.2, 0.25) is 0 Å². The molecule has 4 nitrogen and oxygen atoms in total. The van der Waals surface area contributed by atoms with E-state index in [1.54, 1.807) is 16.0 Å². The highest BCUT2D eigenvalue weighted by Crippen LogP contribution is 1.74. The average Bonchev–Trinajstić information content (AvgIpc) is 2.14. The fourth-order valence-electron chi connectivity index (χ4n) is 0.559. The van der Waals surface area contributed by atoms with Gasteiger partial charge in [0.05, 0.1) is 6.20 Å². The lowest BCUT2D eigenvalue weighted by molar-refractivity contribution is 0.632. The first-order valence-corrected chi connectivity index (χ1v) is 2.65. The predicted molar refractivity (Wildman–Crippen MR) is 35.1 cm³/mol. The normalized spacial score (nSPS) is 9.56. The molecule has 9 heavy (non-hydrogen) atoms. The molecule has 0 atom stereocenters. The molecule has 0 saturated heterocycles. The summed E-state index contributed by atoms with van der Waals surface area (Å²) in [5.41, 5.74) is -0.0799. The van der Waals surface area contributed by atoms with Crippen LogP contribution in [0.15, 0.2) is 17.1 Å². The van der Waals surface area contributed by atoms with E-state index in [0.717, 1.165) is 0 Å². The number of rotatable bonds is 1. The van der Waals surface area contributed by atoms with Crippen molar-refractivity contribution in [2.24, 2.45) is 0 Å². The van der Waals surface area contributed by atoms with Crippen molar-refractivity contribution >= 4 is 0 Å². The number of aromatic nitrogens is 2. The molecular formula is C5H9N3O. The van der Waals surface area contributed by atoms with Gasteiger partial charge < -0.3 is 5.01 Å². The van der Waals surface area contributed by atoms with Crippen molar-refractivity contribution in [3.05, 3.63) is 22.6 Å². The Morgan fingerprint density at radius 3 is 2.56 bits per heavy atom. The first-order valence-electron chi connectivity index (χ1n) is 2.65. The summed E-state index contributed by atoms with van der Waals surface area (Å²) in [6.07, 6.45) is 1.67. The highest BCUT2D eigenvalue weighted by molar-refractivity contribution is 4.83. The molecule has 0 aliphatic rings. The second kappa shape index (κ2) is 1.97. The van der Waals surface area contributed by atoms with Crippen molar-refractivity contribution in [2.75, 3.05) is 19.1 Å². The SMILES string of the molecule is CN(C)n1ccc(=O)[nH]1. The molecule has 0 bridgehead atoms. The first kappa shape index (κ1) is 5.94. The second-order valence-electron chi connectivity index (χ2n) is 1.98. The smallest absolute Gasteiger partial charge is 0.265 e. The molecule has 0 aliphatic heterocycles. The van der Waals surface area contributed by atoms with Gasteiger partial charge in [0.1, 0.15) is 0 Å². The molecule has 1 rings (SSSR count). The maximum absolute atomic E-state index is 10.5. The Hall–Kier alpha value is -1.19. The monoisotopic (exact) mass is 127 g/mol. The van der Waals surface area contributed by atoms with Gasteiger partial charge in [0, 0.05) is 20.2 Å². The quantitative estimate of drug-likeness (QED) is 0.546. The van der Waals surface area contributed by atoms with E-state index in [1.807, 2.05) is 14.1 Å². The minimum absolute atomic E-state index is 0.0799. The number of nitrogens with one attached hydrogen (secondary N) is 1. The van der Waals surface area contributed by atoms with Crippen LogP contribution in [0.5, 0.6) is 0 Å². The van der Waals surface area contributed by atoms with Gasteiger partial charge in [-0.3, -0.25) is 4.79 Å². The maximum Gasteiger partial charge on any atom is 0.265 e. The lowest BCUT2D eigenvalue weighted by atomic mass is 10.7. The van der Waals surface area contributed by atoms with Crippen molar-refractivity contribution < 1.29 is 0 Å². The molecule has 4 heteroatoms. The molecular weight excluding hydrogens is 118 g/mol. The highest BCUT2D eigenvalue weighted by Gasteiger charge is 1.89. The van der Waals surface area contributed by atoms with Crippen LogP contribution in [-0.2, 0) is 0 Å². The Labute approximate surface area is 52.7 Å². The van der Waals surface area contributed by atoms with E-state index in [2.05, 4.69) is 5.10 Å². The fourth-order valence-corrected chi connectivity index (χ4v) is 0.559. The molecule has 0 saturated carbocycles. The van der Waals surface area contributed by atoms with Crippen LogP contribution in [0, 0.1) is 0 Å². The number of hydrogen-bond acceptors (Lipinski definition) is 2. The Morgan fingerprint density at radius 2 is 2.33 bits per heavy atom. The summed E-state index contributed by atoms with van der Waals surface area (Å²) >= 11 is 0. The summed E-state index contributed by atoms with van der Waals surface area (Å²) in [4.78, 5) is 12.1. The first-order chi connectivity index (χ1) is 4.20. The lowest BCUT2D eigenvalue weighted by Crippen LogP contribution is -2.26. The third-order valence-corrected chi connectivity index (χ3v) is 1.02. The number of nitrogens with zero attached hydrogens (tertiary/aromatic N) is 2. The van der Waals surface area contributed by atoms with Crippen LogP contribution in [-0.4, -0.2) is 24.0 Å². The van der Waals surface area contributed by atoms with Gasteiger partial charge in [-0.15, -0.1) is 0 Å². The number of aromatic amines is 1. The van der Waals surface area contributed by atoms with E-state index in [1.165, 1.54) is 6.07 Å². The highest BCUT2D eigenvalue weighted by atomic mass is 16.1. The van der Waals surface area contributed by atoms with Crippen LogP contribution in [0.1, 0.15) is 0 Å². The van der Waals surface area contributed by atoms with Gasteiger partial charge in [0.25, 0.3) is 5.56 Å². The van der Waals surface area contributed by atoms with Crippen molar-refractivity contribution in [3.63, 3.8) is 0 Å². The predicted octanol–water partition coefficient (Wildman–Crippen LogP) is -0.626. The number of H-pyrrole nitrogens is 1. The molecule has 0 unspecified atom stereocenters. The van der Waals surface area contributed by atoms with Crippen LogP contribution in [0.25, 0.3) is 0 Å². The minimum Gasteiger partial charge on any atom is -0.305 e. The van der Waals surface area contributed by atoms with Gasteiger partial charge in [0.15, 0.2) is 0 Å². The molecule has 1 heterocycles. The van der Waals surface area contributed by atoms with E-state index in [9.17, 15) is 4.79 Å². The zero-order chi connectivity index (χ0) is 6.85. The standard InChI is InChI=1S/C5H9N3O/c1-7(2)8-4-3-5(9)6-8/h3-4H,1-2H3,(H,6,9). The van der Waals surface area contributed by atoms with Crippen molar-refractivity contribution in [3.8, 4) is 0 Å². The van der Waals surface area contributed by atoms with Gasteiger partial charge in [-0.2, -0.15) is 0 Å². The molecule has 50 valence electrons. The van der Waals surface area contributed by atoms with Crippen LogP contribution in [0.3, 0.4) is 0 Å². The van der Waals surface area contributed by atoms with E-state index < -0.39 is 0 Å². The van der Waals surface area contributed by atoms with Crippen molar-refractivity contribution in [1.29, 1.82) is 0 Å². The zero-order valence-corrected chi connectivity index (χ0v) is 5.46. The number of hydrogen-bond donors (Lipinski definition) is 1. The van der Waals surface area contributed by atoms with E-state index in [4.69, 9.17) is 0 Å².